The van der Waals surface area contributed by atoms with Gasteiger partial charge in [-0.3, -0.25) is 0 Å². The predicted molar refractivity (Wildman–Crippen MR) is 54.5 cm³/mol. The molecule has 12 heavy (non-hydrogen) atoms. The molecule has 0 heterocycles. The second-order valence-corrected chi connectivity index (χ2v) is 4.50. The lowest BCUT2D eigenvalue weighted by atomic mass is 10.2. The monoisotopic (exact) mass is 228 g/mol. The van der Waals surface area contributed by atoms with E-state index in [1.54, 1.807) is 0 Å². The number of rotatable bonds is 1. The van der Waals surface area contributed by atoms with Gasteiger partial charge in [0.2, 0.25) is 0 Å². The van der Waals surface area contributed by atoms with E-state index < -0.39 is 0 Å². The predicted octanol–water partition coefficient (Wildman–Crippen LogP) is 3.63. The lowest BCUT2D eigenvalue weighted by Gasteiger charge is -2.21. The Kier molecular flexibility index (Phi) is 2.78. The summed E-state index contributed by atoms with van der Waals surface area (Å²) >= 11 is 3.42. The van der Waals surface area contributed by atoms with Gasteiger partial charge >= 0.3 is 0 Å². The summed E-state index contributed by atoms with van der Waals surface area (Å²) in [5, 5.41) is 0. The summed E-state index contributed by atoms with van der Waals surface area (Å²) in [6, 6.07) is 7.86. The molecule has 66 valence electrons. The standard InChI is InChI=1S/C10H13BrO/c1-10(2,3)12-9-7-5-4-6-8(9)11/h4-7H,1-3H3. The Hall–Kier alpha value is -0.500. The molecule has 0 amide bonds. The lowest BCUT2D eigenvalue weighted by molar-refractivity contribution is 0.130. The van der Waals surface area contributed by atoms with Crippen molar-refractivity contribution in [3.63, 3.8) is 0 Å². The second kappa shape index (κ2) is 3.48. The van der Waals surface area contributed by atoms with Crippen LogP contribution < -0.4 is 4.74 Å². The number of hydrogen-bond donors (Lipinski definition) is 0. The molecule has 0 atom stereocenters. The van der Waals surface area contributed by atoms with Gasteiger partial charge in [-0.1, -0.05) is 12.1 Å². The molecule has 0 N–H and O–H groups in total. The van der Waals surface area contributed by atoms with Crippen molar-refractivity contribution in [3.8, 4) is 5.75 Å². The summed E-state index contributed by atoms with van der Waals surface area (Å²) in [6.07, 6.45) is 0. The van der Waals surface area contributed by atoms with Crippen molar-refractivity contribution in [2.75, 3.05) is 0 Å². The van der Waals surface area contributed by atoms with E-state index in [9.17, 15) is 0 Å². The Morgan fingerprint density at radius 1 is 1.17 bits per heavy atom. The lowest BCUT2D eigenvalue weighted by Crippen LogP contribution is -2.23. The SMILES string of the molecule is CC(C)(C)Oc1ccccc1Br. The Morgan fingerprint density at radius 2 is 1.75 bits per heavy atom. The van der Waals surface area contributed by atoms with Crippen molar-refractivity contribution in [3.05, 3.63) is 28.7 Å². The topological polar surface area (TPSA) is 9.23 Å². The van der Waals surface area contributed by atoms with Crippen molar-refractivity contribution < 1.29 is 4.74 Å². The second-order valence-electron chi connectivity index (χ2n) is 3.64. The number of halogens is 1. The molecule has 0 bridgehead atoms. The first-order chi connectivity index (χ1) is 5.49. The van der Waals surface area contributed by atoms with Crippen LogP contribution in [-0.2, 0) is 0 Å². The number of benzene rings is 1. The molecule has 1 aromatic rings. The molecule has 0 fully saturated rings. The van der Waals surface area contributed by atoms with Crippen molar-refractivity contribution >= 4 is 15.9 Å². The highest BCUT2D eigenvalue weighted by Gasteiger charge is 2.12. The first kappa shape index (κ1) is 9.59. The Labute approximate surface area is 81.9 Å². The third-order valence-corrected chi connectivity index (χ3v) is 1.91. The number of para-hydroxylation sites is 1. The van der Waals surface area contributed by atoms with Gasteiger partial charge in [-0.25, -0.2) is 0 Å². The van der Waals surface area contributed by atoms with Crippen LogP contribution in [0, 0.1) is 0 Å². The molecule has 1 nitrogen and oxygen atoms in total. The van der Waals surface area contributed by atoms with E-state index in [4.69, 9.17) is 4.74 Å². The van der Waals surface area contributed by atoms with Crippen LogP contribution in [0.15, 0.2) is 28.7 Å². The third-order valence-electron chi connectivity index (χ3n) is 1.25. The first-order valence-electron chi connectivity index (χ1n) is 3.92. The largest absolute Gasteiger partial charge is 0.487 e. The molecule has 0 saturated heterocycles. The average Bonchev–Trinajstić information content (AvgIpc) is 1.91. The smallest absolute Gasteiger partial charge is 0.134 e. The normalized spacial score (nSPS) is 11.3. The van der Waals surface area contributed by atoms with Crippen LogP contribution in [0.4, 0.5) is 0 Å². The fourth-order valence-electron chi connectivity index (χ4n) is 0.857. The quantitative estimate of drug-likeness (QED) is 0.714. The molecule has 0 aliphatic heterocycles. The zero-order valence-electron chi connectivity index (χ0n) is 7.60. The molecule has 0 spiro atoms. The van der Waals surface area contributed by atoms with Gasteiger partial charge in [0.05, 0.1) is 4.47 Å². The molecule has 1 aromatic carbocycles. The van der Waals surface area contributed by atoms with E-state index >= 15 is 0 Å². The molecule has 1 rings (SSSR count). The maximum Gasteiger partial charge on any atom is 0.134 e. The summed E-state index contributed by atoms with van der Waals surface area (Å²) in [4.78, 5) is 0. The van der Waals surface area contributed by atoms with Gasteiger partial charge in [-0.2, -0.15) is 0 Å². The Balaban J connectivity index is 2.83. The van der Waals surface area contributed by atoms with Gasteiger partial charge in [0.25, 0.3) is 0 Å². The van der Waals surface area contributed by atoms with Crippen LogP contribution >= 0.6 is 15.9 Å². The summed E-state index contributed by atoms with van der Waals surface area (Å²) < 4.78 is 6.69. The molecular formula is C10H13BrO. The van der Waals surface area contributed by atoms with Gasteiger partial charge in [-0.05, 0) is 48.8 Å². The summed E-state index contributed by atoms with van der Waals surface area (Å²) in [6.45, 7) is 6.10. The van der Waals surface area contributed by atoms with E-state index in [2.05, 4.69) is 15.9 Å². The fraction of sp³-hybridized carbons (Fsp3) is 0.400. The van der Waals surface area contributed by atoms with Crippen LogP contribution in [0.1, 0.15) is 20.8 Å². The van der Waals surface area contributed by atoms with Crippen molar-refractivity contribution in [2.24, 2.45) is 0 Å². The summed E-state index contributed by atoms with van der Waals surface area (Å²) in [7, 11) is 0. The van der Waals surface area contributed by atoms with Crippen molar-refractivity contribution in [1.82, 2.24) is 0 Å². The molecule has 0 saturated carbocycles. The maximum atomic E-state index is 5.69. The third kappa shape index (κ3) is 2.86. The van der Waals surface area contributed by atoms with Crippen molar-refractivity contribution in [2.45, 2.75) is 26.4 Å². The van der Waals surface area contributed by atoms with Crippen molar-refractivity contribution in [1.29, 1.82) is 0 Å². The minimum absolute atomic E-state index is 0.135. The highest BCUT2D eigenvalue weighted by atomic mass is 79.9. The van der Waals surface area contributed by atoms with Crippen LogP contribution in [-0.4, -0.2) is 5.60 Å². The number of ether oxygens (including phenoxy) is 1. The molecule has 0 aliphatic carbocycles. The first-order valence-corrected chi connectivity index (χ1v) is 4.72. The Morgan fingerprint density at radius 3 is 2.25 bits per heavy atom. The van der Waals surface area contributed by atoms with E-state index in [1.807, 2.05) is 45.0 Å². The summed E-state index contributed by atoms with van der Waals surface area (Å²) in [5.41, 5.74) is -0.135. The minimum atomic E-state index is -0.135. The van der Waals surface area contributed by atoms with Crippen LogP contribution in [0.25, 0.3) is 0 Å². The highest BCUT2D eigenvalue weighted by molar-refractivity contribution is 9.10. The molecule has 2 heteroatoms. The zero-order valence-corrected chi connectivity index (χ0v) is 9.18. The molecule has 0 radical (unpaired) electrons. The van der Waals surface area contributed by atoms with Gasteiger partial charge in [-0.15, -0.1) is 0 Å². The highest BCUT2D eigenvalue weighted by Crippen LogP contribution is 2.27. The molecule has 0 unspecified atom stereocenters. The van der Waals surface area contributed by atoms with Gasteiger partial charge in [0.15, 0.2) is 0 Å². The van der Waals surface area contributed by atoms with E-state index in [0.717, 1.165) is 10.2 Å². The summed E-state index contributed by atoms with van der Waals surface area (Å²) in [5.74, 6) is 0.894. The maximum absolute atomic E-state index is 5.69. The fourth-order valence-corrected chi connectivity index (χ4v) is 1.22. The van der Waals surface area contributed by atoms with E-state index in [0.29, 0.717) is 0 Å². The van der Waals surface area contributed by atoms with Gasteiger partial charge in [0, 0.05) is 0 Å². The van der Waals surface area contributed by atoms with Crippen LogP contribution in [0.2, 0.25) is 0 Å². The van der Waals surface area contributed by atoms with E-state index in [1.165, 1.54) is 0 Å². The van der Waals surface area contributed by atoms with Gasteiger partial charge in [0.1, 0.15) is 11.4 Å². The number of hydrogen-bond acceptors (Lipinski definition) is 1. The minimum Gasteiger partial charge on any atom is -0.487 e. The van der Waals surface area contributed by atoms with E-state index in [-0.39, 0.29) is 5.60 Å². The average molecular weight is 229 g/mol. The zero-order chi connectivity index (χ0) is 9.19. The van der Waals surface area contributed by atoms with Crippen LogP contribution in [0.3, 0.4) is 0 Å². The van der Waals surface area contributed by atoms with Crippen LogP contribution in [0.5, 0.6) is 5.75 Å². The molecular weight excluding hydrogens is 216 g/mol. The molecule has 0 aliphatic rings. The Bertz CT molecular complexity index is 263. The van der Waals surface area contributed by atoms with Gasteiger partial charge < -0.3 is 4.74 Å². The molecule has 0 aromatic heterocycles.